The molecule has 5 rings (SSSR count). The highest BCUT2D eigenvalue weighted by Crippen LogP contribution is 2.35. The lowest BCUT2D eigenvalue weighted by Gasteiger charge is -2.40. The number of hydrogen-bond acceptors (Lipinski definition) is 7. The van der Waals surface area contributed by atoms with E-state index in [0.29, 0.717) is 24.1 Å². The Balaban J connectivity index is 1.20. The van der Waals surface area contributed by atoms with E-state index in [0.717, 1.165) is 30.4 Å². The molecule has 1 aliphatic carbocycles. The van der Waals surface area contributed by atoms with Gasteiger partial charge in [-0.05, 0) is 25.0 Å². The minimum atomic E-state index is -0.185. The SMILES string of the molecule is O=C(NCC1CN(c2ccc3nnc(C4CCC4)n3n2)C1)c1cnccn1. The van der Waals surface area contributed by atoms with Gasteiger partial charge in [0, 0.05) is 43.9 Å². The van der Waals surface area contributed by atoms with Gasteiger partial charge in [-0.3, -0.25) is 9.78 Å². The molecule has 3 aromatic heterocycles. The van der Waals surface area contributed by atoms with Crippen molar-refractivity contribution in [2.75, 3.05) is 24.5 Å². The first-order valence-corrected chi connectivity index (χ1v) is 9.29. The molecule has 3 aromatic rings. The summed E-state index contributed by atoms with van der Waals surface area (Å²) >= 11 is 0. The van der Waals surface area contributed by atoms with E-state index in [-0.39, 0.29) is 5.91 Å². The van der Waals surface area contributed by atoms with E-state index in [9.17, 15) is 4.79 Å². The van der Waals surface area contributed by atoms with Crippen LogP contribution in [0.3, 0.4) is 0 Å². The van der Waals surface area contributed by atoms with Gasteiger partial charge in [-0.2, -0.15) is 4.52 Å². The zero-order valence-electron chi connectivity index (χ0n) is 14.8. The predicted molar refractivity (Wildman–Crippen MR) is 97.4 cm³/mol. The summed E-state index contributed by atoms with van der Waals surface area (Å²) in [5, 5.41) is 16.2. The Kier molecular flexibility index (Phi) is 3.92. The number of carbonyl (C=O) groups is 1. The fraction of sp³-hybridized carbons (Fsp3) is 0.444. The normalized spacial score (nSPS) is 17.6. The molecule has 0 spiro atoms. The molecule has 1 saturated carbocycles. The molecule has 0 bridgehead atoms. The van der Waals surface area contributed by atoms with Gasteiger partial charge in [-0.15, -0.1) is 15.3 Å². The number of nitrogens with one attached hydrogen (secondary N) is 1. The summed E-state index contributed by atoms with van der Waals surface area (Å²) in [4.78, 5) is 22.2. The summed E-state index contributed by atoms with van der Waals surface area (Å²) in [6, 6.07) is 3.96. The Labute approximate surface area is 155 Å². The van der Waals surface area contributed by atoms with Crippen LogP contribution in [-0.2, 0) is 0 Å². The van der Waals surface area contributed by atoms with Crippen molar-refractivity contribution in [2.45, 2.75) is 25.2 Å². The van der Waals surface area contributed by atoms with Crippen molar-refractivity contribution in [3.8, 4) is 0 Å². The van der Waals surface area contributed by atoms with Crippen molar-refractivity contribution in [3.05, 3.63) is 42.2 Å². The lowest BCUT2D eigenvalue weighted by Crippen LogP contribution is -2.52. The van der Waals surface area contributed by atoms with Gasteiger partial charge in [0.15, 0.2) is 11.5 Å². The summed E-state index contributed by atoms with van der Waals surface area (Å²) in [7, 11) is 0. The van der Waals surface area contributed by atoms with Gasteiger partial charge in [0.1, 0.15) is 11.5 Å². The van der Waals surface area contributed by atoms with Crippen molar-refractivity contribution in [1.29, 1.82) is 0 Å². The number of hydrogen-bond donors (Lipinski definition) is 1. The van der Waals surface area contributed by atoms with Crippen LogP contribution in [0.5, 0.6) is 0 Å². The highest BCUT2D eigenvalue weighted by molar-refractivity contribution is 5.91. The minimum Gasteiger partial charge on any atom is -0.354 e. The fourth-order valence-electron chi connectivity index (χ4n) is 3.52. The molecule has 2 fully saturated rings. The maximum atomic E-state index is 12.0. The third-order valence-corrected chi connectivity index (χ3v) is 5.37. The van der Waals surface area contributed by atoms with E-state index < -0.39 is 0 Å². The van der Waals surface area contributed by atoms with Crippen LogP contribution in [0.2, 0.25) is 0 Å². The van der Waals surface area contributed by atoms with Gasteiger partial charge in [0.05, 0.1) is 6.20 Å². The molecule has 1 N–H and O–H groups in total. The van der Waals surface area contributed by atoms with Gasteiger partial charge in [-0.1, -0.05) is 6.42 Å². The van der Waals surface area contributed by atoms with Gasteiger partial charge in [-0.25, -0.2) is 4.98 Å². The average Bonchev–Trinajstić information content (AvgIpc) is 3.02. The van der Waals surface area contributed by atoms with Gasteiger partial charge in [0.2, 0.25) is 0 Å². The maximum absolute atomic E-state index is 12.0. The lowest BCUT2D eigenvalue weighted by atomic mass is 9.85. The molecule has 1 saturated heterocycles. The molecule has 27 heavy (non-hydrogen) atoms. The highest BCUT2D eigenvalue weighted by Gasteiger charge is 2.30. The maximum Gasteiger partial charge on any atom is 0.271 e. The van der Waals surface area contributed by atoms with Crippen LogP contribution in [0, 0.1) is 5.92 Å². The topological polar surface area (TPSA) is 101 Å². The van der Waals surface area contributed by atoms with Crippen molar-refractivity contribution in [2.24, 2.45) is 5.92 Å². The smallest absolute Gasteiger partial charge is 0.271 e. The Bertz CT molecular complexity index is 962. The number of carbonyl (C=O) groups excluding carboxylic acids is 1. The molecular formula is C18H20N8O. The lowest BCUT2D eigenvalue weighted by molar-refractivity contribution is 0.0939. The third kappa shape index (κ3) is 2.98. The predicted octanol–water partition coefficient (Wildman–Crippen LogP) is 1.05. The van der Waals surface area contributed by atoms with E-state index >= 15 is 0 Å². The molecule has 9 nitrogen and oxygen atoms in total. The van der Waals surface area contributed by atoms with Crippen LogP contribution in [0.25, 0.3) is 5.65 Å². The molecular weight excluding hydrogens is 344 g/mol. The van der Waals surface area contributed by atoms with Crippen molar-refractivity contribution >= 4 is 17.4 Å². The monoisotopic (exact) mass is 364 g/mol. The third-order valence-electron chi connectivity index (χ3n) is 5.37. The van der Waals surface area contributed by atoms with E-state index in [1.807, 2.05) is 16.6 Å². The van der Waals surface area contributed by atoms with Crippen LogP contribution in [-0.4, -0.2) is 55.3 Å². The van der Waals surface area contributed by atoms with Crippen molar-refractivity contribution < 1.29 is 4.79 Å². The molecule has 9 heteroatoms. The molecule has 1 amide bonds. The number of rotatable bonds is 5. The number of nitrogens with zero attached hydrogens (tertiary/aromatic N) is 7. The van der Waals surface area contributed by atoms with Crippen LogP contribution in [0.4, 0.5) is 5.82 Å². The molecule has 4 heterocycles. The second-order valence-electron chi connectivity index (χ2n) is 7.22. The van der Waals surface area contributed by atoms with Gasteiger partial charge >= 0.3 is 0 Å². The molecule has 138 valence electrons. The largest absolute Gasteiger partial charge is 0.354 e. The number of fused-ring (bicyclic) bond motifs is 1. The molecule has 0 atom stereocenters. The number of aromatic nitrogens is 6. The van der Waals surface area contributed by atoms with Gasteiger partial charge < -0.3 is 10.2 Å². The zero-order chi connectivity index (χ0) is 18.2. The van der Waals surface area contributed by atoms with E-state index in [4.69, 9.17) is 5.10 Å². The van der Waals surface area contributed by atoms with Crippen LogP contribution in [0.15, 0.2) is 30.7 Å². The summed E-state index contributed by atoms with van der Waals surface area (Å²) in [6.45, 7) is 2.34. The first-order valence-electron chi connectivity index (χ1n) is 9.29. The summed E-state index contributed by atoms with van der Waals surface area (Å²) in [6.07, 6.45) is 8.14. The van der Waals surface area contributed by atoms with E-state index in [1.165, 1.54) is 31.7 Å². The Hall–Kier alpha value is -3.10. The summed E-state index contributed by atoms with van der Waals surface area (Å²) < 4.78 is 1.89. The standard InChI is InChI=1S/C18H20N8O/c27-18(14-9-19-6-7-20-14)21-8-12-10-25(11-12)16-5-4-15-22-23-17(26(15)24-16)13-2-1-3-13/h4-7,9,12-13H,1-3,8,10-11H2,(H,21,27). The van der Waals surface area contributed by atoms with Gasteiger partial charge in [0.25, 0.3) is 5.91 Å². The highest BCUT2D eigenvalue weighted by atomic mass is 16.1. The summed E-state index contributed by atoms with van der Waals surface area (Å²) in [5.41, 5.74) is 1.14. The van der Waals surface area contributed by atoms with Crippen molar-refractivity contribution in [1.82, 2.24) is 35.1 Å². The Morgan fingerprint density at radius 2 is 2.07 bits per heavy atom. The summed E-state index contributed by atoms with van der Waals surface area (Å²) in [5.74, 6) is 2.61. The second-order valence-corrected chi connectivity index (χ2v) is 7.22. The second kappa shape index (κ2) is 6.57. The van der Waals surface area contributed by atoms with Crippen LogP contribution in [0.1, 0.15) is 41.5 Å². The quantitative estimate of drug-likeness (QED) is 0.722. The molecule has 0 aromatic carbocycles. The number of amides is 1. The van der Waals surface area contributed by atoms with Crippen LogP contribution >= 0.6 is 0 Å². The Morgan fingerprint density at radius 1 is 1.19 bits per heavy atom. The molecule has 1 aliphatic heterocycles. The molecule has 0 radical (unpaired) electrons. The van der Waals surface area contributed by atoms with E-state index in [2.05, 4.69) is 30.4 Å². The average molecular weight is 364 g/mol. The van der Waals surface area contributed by atoms with Crippen LogP contribution < -0.4 is 10.2 Å². The number of anilines is 1. The Morgan fingerprint density at radius 3 is 2.81 bits per heavy atom. The first kappa shape index (κ1) is 16.1. The fourth-order valence-corrected chi connectivity index (χ4v) is 3.52. The van der Waals surface area contributed by atoms with Crippen molar-refractivity contribution in [3.63, 3.8) is 0 Å². The van der Waals surface area contributed by atoms with E-state index in [1.54, 1.807) is 6.20 Å². The zero-order valence-corrected chi connectivity index (χ0v) is 14.8. The minimum absolute atomic E-state index is 0.185. The molecule has 0 unspecified atom stereocenters. The molecule has 2 aliphatic rings. The first-order chi connectivity index (χ1) is 13.3.